The number of fused-ring (bicyclic) bond motifs is 3. The molecule has 1 fully saturated rings. The van der Waals surface area contributed by atoms with Crippen molar-refractivity contribution in [3.63, 3.8) is 0 Å². The number of nitriles is 1. The maximum Gasteiger partial charge on any atom is 0.183 e. The number of hydrogen-bond acceptors (Lipinski definition) is 5. The SMILES string of the molecule is CCOc1c(C#N)ncc2[nH]c3ncc(-c4ccc(CN5CCCCC5)cc4)cc3c12.[HH]. The van der Waals surface area contributed by atoms with Gasteiger partial charge in [0.05, 0.1) is 23.7 Å². The Bertz CT molecular complexity index is 1270. The Morgan fingerprint density at radius 3 is 2.65 bits per heavy atom. The van der Waals surface area contributed by atoms with Crippen LogP contribution in [0.5, 0.6) is 5.75 Å². The molecule has 4 heterocycles. The number of hydrogen-bond donors (Lipinski definition) is 1. The molecular weight excluding hydrogens is 386 g/mol. The molecule has 0 amide bonds. The second-order valence-electron chi connectivity index (χ2n) is 8.05. The van der Waals surface area contributed by atoms with E-state index in [1.165, 1.54) is 37.9 Å². The van der Waals surface area contributed by atoms with Gasteiger partial charge < -0.3 is 9.72 Å². The highest BCUT2D eigenvalue weighted by Gasteiger charge is 2.17. The number of likely N-dealkylation sites (tertiary alicyclic amines) is 1. The molecule has 158 valence electrons. The van der Waals surface area contributed by atoms with E-state index >= 15 is 0 Å². The third kappa shape index (κ3) is 3.73. The van der Waals surface area contributed by atoms with Crippen LogP contribution in [0.2, 0.25) is 0 Å². The Morgan fingerprint density at radius 1 is 1.10 bits per heavy atom. The normalized spacial score (nSPS) is 14.7. The smallest absolute Gasteiger partial charge is 0.183 e. The molecule has 4 aromatic rings. The number of aromatic nitrogens is 3. The van der Waals surface area contributed by atoms with Gasteiger partial charge in [0.25, 0.3) is 0 Å². The molecule has 0 saturated carbocycles. The molecule has 0 radical (unpaired) electrons. The lowest BCUT2D eigenvalue weighted by molar-refractivity contribution is 0.221. The first-order valence-electron chi connectivity index (χ1n) is 10.9. The number of aromatic amines is 1. The molecule has 5 rings (SSSR count). The first-order valence-corrected chi connectivity index (χ1v) is 10.9. The summed E-state index contributed by atoms with van der Waals surface area (Å²) in [7, 11) is 0. The summed E-state index contributed by atoms with van der Waals surface area (Å²) in [6.45, 7) is 5.79. The van der Waals surface area contributed by atoms with Crippen molar-refractivity contribution < 1.29 is 6.16 Å². The summed E-state index contributed by atoms with van der Waals surface area (Å²) < 4.78 is 5.80. The largest absolute Gasteiger partial charge is 0.490 e. The standard InChI is InChI=1S/C25H25N5O.H2/c1-2-31-24-21(13-26)27-15-22-23(24)20-12-19(14-28-25(20)29-22)18-8-6-17(7-9-18)16-30-10-4-3-5-11-30;/h6-9,12,14-15H,2-5,10-11,16H2,1H3,(H,28,29);1H. The number of piperidine rings is 1. The van der Waals surface area contributed by atoms with Crippen molar-refractivity contribution in [3.8, 4) is 22.9 Å². The minimum Gasteiger partial charge on any atom is -0.490 e. The zero-order valence-electron chi connectivity index (χ0n) is 17.7. The second kappa shape index (κ2) is 8.37. The molecule has 1 aliphatic heterocycles. The van der Waals surface area contributed by atoms with Gasteiger partial charge in [-0.25, -0.2) is 9.97 Å². The van der Waals surface area contributed by atoms with Gasteiger partial charge in [0.1, 0.15) is 11.7 Å². The van der Waals surface area contributed by atoms with Crippen LogP contribution in [0.1, 0.15) is 38.9 Å². The quantitative estimate of drug-likeness (QED) is 0.482. The summed E-state index contributed by atoms with van der Waals surface area (Å²) in [6, 6.07) is 13.0. The third-order valence-electron chi connectivity index (χ3n) is 5.98. The van der Waals surface area contributed by atoms with E-state index in [2.05, 4.69) is 56.3 Å². The van der Waals surface area contributed by atoms with Gasteiger partial charge in [0, 0.05) is 25.1 Å². The molecule has 6 heteroatoms. The summed E-state index contributed by atoms with van der Waals surface area (Å²) in [5.41, 5.74) is 5.38. The van der Waals surface area contributed by atoms with Gasteiger partial charge in [-0.05, 0) is 50.0 Å². The maximum atomic E-state index is 9.47. The summed E-state index contributed by atoms with van der Waals surface area (Å²) in [6.07, 6.45) is 7.53. The van der Waals surface area contributed by atoms with Crippen molar-refractivity contribution in [1.29, 1.82) is 5.26 Å². The van der Waals surface area contributed by atoms with Crippen molar-refractivity contribution in [2.24, 2.45) is 0 Å². The highest BCUT2D eigenvalue weighted by atomic mass is 16.5. The van der Waals surface area contributed by atoms with Gasteiger partial charge in [-0.2, -0.15) is 5.26 Å². The van der Waals surface area contributed by atoms with Gasteiger partial charge in [0.2, 0.25) is 0 Å². The maximum absolute atomic E-state index is 9.47. The van der Waals surface area contributed by atoms with Crippen molar-refractivity contribution in [2.75, 3.05) is 19.7 Å². The van der Waals surface area contributed by atoms with Gasteiger partial charge >= 0.3 is 0 Å². The van der Waals surface area contributed by atoms with Crippen LogP contribution in [0.25, 0.3) is 33.1 Å². The van der Waals surface area contributed by atoms with Crippen molar-refractivity contribution in [2.45, 2.75) is 32.7 Å². The van der Waals surface area contributed by atoms with Gasteiger partial charge in [-0.3, -0.25) is 4.90 Å². The average molecular weight is 414 g/mol. The first kappa shape index (κ1) is 19.5. The van der Waals surface area contributed by atoms with Crippen LogP contribution in [0.15, 0.2) is 42.7 Å². The fourth-order valence-electron chi connectivity index (χ4n) is 4.44. The number of nitrogens with zero attached hydrogens (tertiary/aromatic N) is 4. The minimum absolute atomic E-state index is 0. The van der Waals surface area contributed by atoms with E-state index in [0.717, 1.165) is 39.6 Å². The number of H-pyrrole nitrogens is 1. The summed E-state index contributed by atoms with van der Waals surface area (Å²) in [5.74, 6) is 0.518. The highest BCUT2D eigenvalue weighted by molar-refractivity contribution is 6.10. The van der Waals surface area contributed by atoms with Crippen molar-refractivity contribution >= 4 is 21.9 Å². The zero-order chi connectivity index (χ0) is 21.2. The predicted molar refractivity (Wildman–Crippen MR) is 124 cm³/mol. The number of benzene rings is 1. The Labute approximate surface area is 183 Å². The van der Waals surface area contributed by atoms with Gasteiger partial charge in [0.15, 0.2) is 11.4 Å². The lowest BCUT2D eigenvalue weighted by Crippen LogP contribution is -2.28. The van der Waals surface area contributed by atoms with E-state index in [1.54, 1.807) is 6.20 Å². The average Bonchev–Trinajstić information content (AvgIpc) is 3.19. The molecule has 0 unspecified atom stereocenters. The van der Waals surface area contributed by atoms with Crippen LogP contribution >= 0.6 is 0 Å². The molecule has 1 saturated heterocycles. The van der Waals surface area contributed by atoms with Crippen molar-refractivity contribution in [3.05, 3.63) is 54.0 Å². The molecule has 0 spiro atoms. The summed E-state index contributed by atoms with van der Waals surface area (Å²) in [4.78, 5) is 14.7. The van der Waals surface area contributed by atoms with E-state index in [9.17, 15) is 5.26 Å². The Hall–Kier alpha value is -3.43. The fourth-order valence-corrected chi connectivity index (χ4v) is 4.44. The van der Waals surface area contributed by atoms with Crippen LogP contribution < -0.4 is 4.74 Å². The lowest BCUT2D eigenvalue weighted by Gasteiger charge is -2.26. The Balaban J connectivity index is 0.00000245. The number of ether oxygens (including phenoxy) is 1. The summed E-state index contributed by atoms with van der Waals surface area (Å²) in [5, 5.41) is 11.3. The second-order valence-corrected chi connectivity index (χ2v) is 8.05. The predicted octanol–water partition coefficient (Wildman–Crippen LogP) is 5.28. The summed E-state index contributed by atoms with van der Waals surface area (Å²) >= 11 is 0. The van der Waals surface area contributed by atoms with Crippen LogP contribution in [0, 0.1) is 11.3 Å². The van der Waals surface area contributed by atoms with E-state index in [0.29, 0.717) is 18.1 Å². The topological polar surface area (TPSA) is 77.8 Å². The minimum atomic E-state index is 0. The molecule has 0 atom stereocenters. The highest BCUT2D eigenvalue weighted by Crippen LogP contribution is 2.35. The van der Waals surface area contributed by atoms with Gasteiger partial charge in [-0.1, -0.05) is 30.7 Å². The first-order chi connectivity index (χ1) is 15.3. The molecule has 31 heavy (non-hydrogen) atoms. The molecule has 1 N–H and O–H groups in total. The lowest BCUT2D eigenvalue weighted by atomic mass is 10.0. The zero-order valence-corrected chi connectivity index (χ0v) is 17.7. The van der Waals surface area contributed by atoms with Gasteiger partial charge in [-0.15, -0.1) is 0 Å². The molecule has 6 nitrogen and oxygen atoms in total. The molecular formula is C25H27N5O. The fraction of sp³-hybridized carbons (Fsp3) is 0.320. The van der Waals surface area contributed by atoms with Crippen molar-refractivity contribution in [1.82, 2.24) is 19.9 Å². The molecule has 1 aromatic carbocycles. The molecule has 1 aliphatic rings. The Morgan fingerprint density at radius 2 is 1.90 bits per heavy atom. The molecule has 0 bridgehead atoms. The van der Waals surface area contributed by atoms with Crippen LogP contribution in [0.3, 0.4) is 0 Å². The Kier molecular flexibility index (Phi) is 5.27. The number of nitrogens with one attached hydrogen (secondary N) is 1. The number of pyridine rings is 2. The van der Waals surface area contributed by atoms with E-state index < -0.39 is 0 Å². The van der Waals surface area contributed by atoms with Crippen LogP contribution in [0.4, 0.5) is 0 Å². The molecule has 3 aromatic heterocycles. The monoisotopic (exact) mass is 413 g/mol. The van der Waals surface area contributed by atoms with E-state index in [-0.39, 0.29) is 1.43 Å². The molecule has 0 aliphatic carbocycles. The van der Waals surface area contributed by atoms with E-state index in [1.807, 2.05) is 13.1 Å². The van der Waals surface area contributed by atoms with Crippen LogP contribution in [-0.2, 0) is 6.54 Å². The van der Waals surface area contributed by atoms with E-state index in [4.69, 9.17) is 4.74 Å². The third-order valence-corrected chi connectivity index (χ3v) is 5.98. The number of rotatable bonds is 5. The van der Waals surface area contributed by atoms with Crippen LogP contribution in [-0.4, -0.2) is 39.5 Å².